The summed E-state index contributed by atoms with van der Waals surface area (Å²) in [7, 11) is 3.82. The van der Waals surface area contributed by atoms with Gasteiger partial charge in [-0.2, -0.15) is 0 Å². The second-order valence-electron chi connectivity index (χ2n) is 12.8. The molecular formula is C42H57O11P. The van der Waals surface area contributed by atoms with Crippen LogP contribution in [0.3, 0.4) is 0 Å². The first-order valence-electron chi connectivity index (χ1n) is 17.9. The lowest BCUT2D eigenvalue weighted by Crippen LogP contribution is -2.45. The van der Waals surface area contributed by atoms with Gasteiger partial charge in [-0.1, -0.05) is 55.5 Å². The molecule has 296 valence electrons. The molecule has 0 aliphatic rings. The van der Waals surface area contributed by atoms with Gasteiger partial charge < -0.3 is 42.2 Å². The van der Waals surface area contributed by atoms with Crippen molar-refractivity contribution in [1.82, 2.24) is 0 Å². The molecule has 3 aromatic carbocycles. The molecule has 0 radical (unpaired) electrons. The third-order valence-electron chi connectivity index (χ3n) is 8.90. The molecule has 0 heterocycles. The molecule has 0 saturated carbocycles. The Labute approximate surface area is 321 Å². The maximum atomic E-state index is 13.4. The average Bonchev–Trinajstić information content (AvgIpc) is 3.20. The first-order valence-corrected chi connectivity index (χ1v) is 19.6. The van der Waals surface area contributed by atoms with Crippen LogP contribution in [0, 0.1) is 5.92 Å². The van der Waals surface area contributed by atoms with E-state index >= 15 is 0 Å². The lowest BCUT2D eigenvalue weighted by molar-refractivity contribution is -0.179. The minimum absolute atomic E-state index is 0.0270. The summed E-state index contributed by atoms with van der Waals surface area (Å²) >= 11 is 0. The van der Waals surface area contributed by atoms with Gasteiger partial charge in [-0.15, -0.1) is 13.2 Å². The van der Waals surface area contributed by atoms with Gasteiger partial charge in [0.2, 0.25) is 0 Å². The highest BCUT2D eigenvalue weighted by molar-refractivity contribution is 7.54. The predicted molar refractivity (Wildman–Crippen MR) is 209 cm³/mol. The van der Waals surface area contributed by atoms with E-state index in [1.807, 2.05) is 79.7 Å². The minimum Gasteiger partial charge on any atom is -0.497 e. The zero-order valence-corrected chi connectivity index (χ0v) is 33.4. The third kappa shape index (κ3) is 14.8. The van der Waals surface area contributed by atoms with Crippen molar-refractivity contribution in [2.45, 2.75) is 70.4 Å². The highest BCUT2D eigenvalue weighted by Gasteiger charge is 2.36. The summed E-state index contributed by atoms with van der Waals surface area (Å²) in [4.78, 5) is 13.4. The van der Waals surface area contributed by atoms with E-state index in [1.165, 1.54) is 14.2 Å². The summed E-state index contributed by atoms with van der Waals surface area (Å²) in [5, 5.41) is 0. The van der Waals surface area contributed by atoms with Crippen LogP contribution in [0.25, 0.3) is 0 Å². The number of benzene rings is 3. The molecule has 0 spiro atoms. The van der Waals surface area contributed by atoms with Crippen LogP contribution in [0.1, 0.15) is 42.9 Å². The smallest absolute Gasteiger partial charge is 0.337 e. The third-order valence-corrected chi connectivity index (χ3v) is 10.8. The molecule has 0 aliphatic heterocycles. The fourth-order valence-corrected chi connectivity index (χ4v) is 6.77. The predicted octanol–water partition coefficient (Wildman–Crippen LogP) is 8.39. The summed E-state index contributed by atoms with van der Waals surface area (Å²) in [6, 6.07) is 22.9. The lowest BCUT2D eigenvalue weighted by atomic mass is 9.92. The highest BCUT2D eigenvalue weighted by atomic mass is 31.2. The van der Waals surface area contributed by atoms with E-state index in [9.17, 15) is 9.36 Å². The Morgan fingerprint density at radius 2 is 1.07 bits per heavy atom. The first kappa shape index (κ1) is 44.6. The maximum absolute atomic E-state index is 13.4. The molecule has 0 saturated heterocycles. The summed E-state index contributed by atoms with van der Waals surface area (Å²) in [6.45, 7) is 11.0. The van der Waals surface area contributed by atoms with E-state index in [2.05, 4.69) is 13.2 Å². The normalized spacial score (nSPS) is 14.3. The fourth-order valence-electron chi connectivity index (χ4n) is 5.80. The maximum Gasteiger partial charge on any atom is 0.337 e. The summed E-state index contributed by atoms with van der Waals surface area (Å²) in [5.41, 5.74) is 2.84. The highest BCUT2D eigenvalue weighted by Crippen LogP contribution is 2.46. The Bertz CT molecular complexity index is 1570. The van der Waals surface area contributed by atoms with E-state index in [0.717, 1.165) is 33.9 Å². The molecule has 3 rings (SSSR count). The summed E-state index contributed by atoms with van der Waals surface area (Å²) in [5.74, 6) is 1.53. The summed E-state index contributed by atoms with van der Waals surface area (Å²) < 4.78 is 65.4. The van der Waals surface area contributed by atoms with Gasteiger partial charge in [0.05, 0.1) is 66.1 Å². The molecule has 54 heavy (non-hydrogen) atoms. The van der Waals surface area contributed by atoms with Crippen LogP contribution in [-0.4, -0.2) is 78.5 Å². The van der Waals surface area contributed by atoms with Gasteiger partial charge in [0.15, 0.2) is 0 Å². The number of methoxy groups -OCH3 is 3. The SMILES string of the molecule is C=CC[C@H](OCc1ccc(OC)cc1)[C@H](O[C@@H](COCc1ccc(OC)cc1)[C@@H](CC=C)OCc1ccc(OC)cc1)[C@@H](C)CC(=O)CP(=O)(OC)OC. The van der Waals surface area contributed by atoms with Crippen molar-refractivity contribution < 1.29 is 51.6 Å². The van der Waals surface area contributed by atoms with E-state index in [-0.39, 0.29) is 31.6 Å². The van der Waals surface area contributed by atoms with Crippen molar-refractivity contribution in [3.63, 3.8) is 0 Å². The average molecular weight is 769 g/mol. The molecule has 11 nitrogen and oxygen atoms in total. The summed E-state index contributed by atoms with van der Waals surface area (Å²) in [6.07, 6.45) is 1.80. The Morgan fingerprint density at radius 3 is 1.50 bits per heavy atom. The van der Waals surface area contributed by atoms with Crippen molar-refractivity contribution in [3.05, 3.63) is 115 Å². The number of hydrogen-bond donors (Lipinski definition) is 0. The Kier molecular flexibility index (Phi) is 19.7. The van der Waals surface area contributed by atoms with Crippen LogP contribution in [0.2, 0.25) is 0 Å². The van der Waals surface area contributed by atoms with Gasteiger partial charge in [-0.25, -0.2) is 0 Å². The van der Waals surface area contributed by atoms with Gasteiger partial charge in [0, 0.05) is 20.6 Å². The molecule has 12 heteroatoms. The van der Waals surface area contributed by atoms with Crippen LogP contribution < -0.4 is 14.2 Å². The van der Waals surface area contributed by atoms with Crippen LogP contribution >= 0.6 is 7.60 Å². The molecule has 5 atom stereocenters. The molecule has 0 unspecified atom stereocenters. The molecule has 0 fully saturated rings. The Balaban J connectivity index is 1.96. The second-order valence-corrected chi connectivity index (χ2v) is 15.1. The standard InChI is InChI=1S/C42H57O11P/c1-9-11-39(51-27-33-15-21-37(46-5)22-16-33)41(29-50-26-32-13-19-36(45-4)20-14-32)53-42(31(3)25-35(43)30-54(44,48-7)49-8)40(12-10-2)52-28-34-17-23-38(47-6)24-18-34/h9-10,13-24,31,39-42H,1-2,11-12,25-30H2,3-8H3/t31-,39+,40-,41-,42+/m0/s1. The van der Waals surface area contributed by atoms with Gasteiger partial charge in [0.25, 0.3) is 0 Å². The number of ether oxygens (including phenoxy) is 7. The van der Waals surface area contributed by atoms with Crippen molar-refractivity contribution in [2.75, 3.05) is 48.3 Å². The van der Waals surface area contributed by atoms with Crippen LogP contribution in [0.5, 0.6) is 17.2 Å². The minimum atomic E-state index is -3.58. The van der Waals surface area contributed by atoms with Crippen LogP contribution in [0.15, 0.2) is 98.1 Å². The molecule has 0 bridgehead atoms. The number of carbonyl (C=O) groups is 1. The number of ketones is 1. The molecule has 0 aromatic heterocycles. The fraction of sp³-hybridized carbons (Fsp3) is 0.452. The van der Waals surface area contributed by atoms with Crippen molar-refractivity contribution in [1.29, 1.82) is 0 Å². The number of hydrogen-bond acceptors (Lipinski definition) is 11. The topological polar surface area (TPSA) is 117 Å². The Hall–Kier alpha value is -3.80. The number of carbonyl (C=O) groups excluding carboxylic acids is 1. The van der Waals surface area contributed by atoms with Crippen molar-refractivity contribution in [3.8, 4) is 17.2 Å². The molecule has 3 aromatic rings. The van der Waals surface area contributed by atoms with Gasteiger partial charge in [-0.05, 0) is 71.8 Å². The number of rotatable bonds is 28. The zero-order chi connectivity index (χ0) is 39.3. The van der Waals surface area contributed by atoms with Gasteiger partial charge in [-0.3, -0.25) is 9.36 Å². The first-order chi connectivity index (χ1) is 26.1. The van der Waals surface area contributed by atoms with Gasteiger partial charge >= 0.3 is 7.60 Å². The largest absolute Gasteiger partial charge is 0.497 e. The molecule has 0 N–H and O–H groups in total. The van der Waals surface area contributed by atoms with E-state index in [1.54, 1.807) is 33.5 Å². The molecular weight excluding hydrogens is 711 g/mol. The van der Waals surface area contributed by atoms with E-state index in [0.29, 0.717) is 26.1 Å². The van der Waals surface area contributed by atoms with Crippen LogP contribution in [0.4, 0.5) is 0 Å². The zero-order valence-electron chi connectivity index (χ0n) is 32.5. The quantitative estimate of drug-likeness (QED) is 0.0524. The van der Waals surface area contributed by atoms with E-state index < -0.39 is 37.9 Å². The number of Topliss-reactive ketones (excluding diaryl/α,β-unsaturated/α-hetero) is 1. The van der Waals surface area contributed by atoms with Crippen molar-refractivity contribution >= 4 is 13.4 Å². The second kappa shape index (κ2) is 23.9. The molecule has 0 amide bonds. The lowest BCUT2D eigenvalue weighted by Gasteiger charge is -2.37. The van der Waals surface area contributed by atoms with Gasteiger partial charge in [0.1, 0.15) is 35.3 Å². The molecule has 0 aliphatic carbocycles. The Morgan fingerprint density at radius 1 is 0.648 bits per heavy atom. The van der Waals surface area contributed by atoms with Crippen LogP contribution in [-0.2, 0) is 57.2 Å². The van der Waals surface area contributed by atoms with Crippen molar-refractivity contribution in [2.24, 2.45) is 5.92 Å². The van der Waals surface area contributed by atoms with E-state index in [4.69, 9.17) is 42.2 Å². The monoisotopic (exact) mass is 768 g/mol.